The molecule has 1 fully saturated rings. The van der Waals surface area contributed by atoms with Crippen LogP contribution in [0.2, 0.25) is 0 Å². The summed E-state index contributed by atoms with van der Waals surface area (Å²) in [6.45, 7) is 8.06. The number of hydrogen-bond donors (Lipinski definition) is 1. The molecule has 1 aromatic rings. The summed E-state index contributed by atoms with van der Waals surface area (Å²) in [7, 11) is 0. The van der Waals surface area contributed by atoms with Gasteiger partial charge in [0, 0.05) is 30.6 Å². The fourth-order valence-corrected chi connectivity index (χ4v) is 2.48. The van der Waals surface area contributed by atoms with E-state index in [0.29, 0.717) is 5.92 Å². The van der Waals surface area contributed by atoms with Gasteiger partial charge in [-0.2, -0.15) is 4.37 Å². The molecule has 0 radical (unpaired) electrons. The van der Waals surface area contributed by atoms with E-state index in [-0.39, 0.29) is 5.60 Å². The Morgan fingerprint density at radius 3 is 2.94 bits per heavy atom. The largest absolute Gasteiger partial charge is 0.373 e. The highest BCUT2D eigenvalue weighted by Crippen LogP contribution is 2.26. The maximum Gasteiger partial charge on any atom is 0.202 e. The van der Waals surface area contributed by atoms with Gasteiger partial charge in [0.05, 0.1) is 5.60 Å². The van der Waals surface area contributed by atoms with Gasteiger partial charge in [0.15, 0.2) is 0 Å². The summed E-state index contributed by atoms with van der Waals surface area (Å²) in [5, 5.41) is 4.23. The van der Waals surface area contributed by atoms with Gasteiger partial charge in [0.2, 0.25) is 5.13 Å². The minimum absolute atomic E-state index is 0.0241. The van der Waals surface area contributed by atoms with Crippen molar-refractivity contribution in [3.05, 3.63) is 5.82 Å². The van der Waals surface area contributed by atoms with Crippen molar-refractivity contribution in [3.8, 4) is 0 Å². The van der Waals surface area contributed by atoms with E-state index in [9.17, 15) is 0 Å². The summed E-state index contributed by atoms with van der Waals surface area (Å²) in [6, 6.07) is 0. The van der Waals surface area contributed by atoms with Gasteiger partial charge >= 0.3 is 0 Å². The fourth-order valence-electron chi connectivity index (χ4n) is 1.78. The molecule has 1 aromatic heterocycles. The number of anilines is 1. The molecule has 1 atom stereocenters. The van der Waals surface area contributed by atoms with Crippen molar-refractivity contribution < 1.29 is 4.74 Å². The average molecular weight is 241 g/mol. The van der Waals surface area contributed by atoms with Crippen LogP contribution in [0.1, 0.15) is 45.4 Å². The molecule has 0 aromatic carbocycles. The molecule has 90 valence electrons. The second kappa shape index (κ2) is 4.67. The van der Waals surface area contributed by atoms with Crippen LogP contribution in [-0.2, 0) is 4.74 Å². The van der Waals surface area contributed by atoms with Gasteiger partial charge < -0.3 is 10.1 Å². The van der Waals surface area contributed by atoms with Crippen LogP contribution in [0.3, 0.4) is 0 Å². The first kappa shape index (κ1) is 11.8. The van der Waals surface area contributed by atoms with E-state index < -0.39 is 0 Å². The first-order chi connectivity index (χ1) is 7.59. The summed E-state index contributed by atoms with van der Waals surface area (Å²) in [4.78, 5) is 4.44. The lowest BCUT2D eigenvalue weighted by Crippen LogP contribution is -2.32. The Hall–Kier alpha value is -0.680. The van der Waals surface area contributed by atoms with Gasteiger partial charge in [-0.05, 0) is 19.8 Å². The number of nitrogens with one attached hydrogen (secondary N) is 1. The monoisotopic (exact) mass is 241 g/mol. The standard InChI is InChI=1S/C11H19N3OS/c1-8(2)9-13-10(16-14-9)12-7-11(3)5-4-6-15-11/h8H,4-7H2,1-3H3,(H,12,13,14). The zero-order valence-corrected chi connectivity index (χ0v) is 10.9. The lowest BCUT2D eigenvalue weighted by Gasteiger charge is -2.22. The van der Waals surface area contributed by atoms with Gasteiger partial charge in [0.1, 0.15) is 5.82 Å². The number of rotatable bonds is 4. The van der Waals surface area contributed by atoms with E-state index >= 15 is 0 Å². The molecule has 0 saturated carbocycles. The second-order valence-electron chi connectivity index (χ2n) is 4.87. The highest BCUT2D eigenvalue weighted by atomic mass is 32.1. The van der Waals surface area contributed by atoms with E-state index in [1.807, 2.05) is 0 Å². The SMILES string of the molecule is CC(C)c1nsc(NCC2(C)CCCO2)n1. The summed E-state index contributed by atoms with van der Waals surface area (Å²) in [5.74, 6) is 1.31. The van der Waals surface area contributed by atoms with E-state index in [2.05, 4.69) is 35.4 Å². The van der Waals surface area contributed by atoms with Gasteiger partial charge in [-0.15, -0.1) is 0 Å². The highest BCUT2D eigenvalue weighted by molar-refractivity contribution is 7.09. The minimum Gasteiger partial charge on any atom is -0.373 e. The summed E-state index contributed by atoms with van der Waals surface area (Å²) >= 11 is 1.43. The van der Waals surface area contributed by atoms with Crippen molar-refractivity contribution in [2.45, 2.75) is 45.1 Å². The van der Waals surface area contributed by atoms with E-state index in [1.165, 1.54) is 11.5 Å². The lowest BCUT2D eigenvalue weighted by atomic mass is 10.0. The van der Waals surface area contributed by atoms with Crippen molar-refractivity contribution in [2.24, 2.45) is 0 Å². The van der Waals surface area contributed by atoms with Crippen LogP contribution in [0.5, 0.6) is 0 Å². The van der Waals surface area contributed by atoms with Crippen LogP contribution in [0.4, 0.5) is 5.13 Å². The Kier molecular flexibility index (Phi) is 3.44. The number of aromatic nitrogens is 2. The molecule has 0 amide bonds. The Labute approximate surface area is 101 Å². The maximum absolute atomic E-state index is 5.71. The van der Waals surface area contributed by atoms with E-state index in [1.54, 1.807) is 0 Å². The molecular formula is C11H19N3OS. The van der Waals surface area contributed by atoms with Crippen molar-refractivity contribution >= 4 is 16.7 Å². The summed E-state index contributed by atoms with van der Waals surface area (Å²) in [5.41, 5.74) is -0.0241. The molecule has 1 N–H and O–H groups in total. The summed E-state index contributed by atoms with van der Waals surface area (Å²) < 4.78 is 10.0. The fraction of sp³-hybridized carbons (Fsp3) is 0.818. The van der Waals surface area contributed by atoms with Crippen molar-refractivity contribution in [1.82, 2.24) is 9.36 Å². The average Bonchev–Trinajstić information content (AvgIpc) is 2.84. The first-order valence-electron chi connectivity index (χ1n) is 5.80. The molecule has 0 spiro atoms. The molecule has 2 heterocycles. The Morgan fingerprint density at radius 2 is 2.38 bits per heavy atom. The topological polar surface area (TPSA) is 47.0 Å². The minimum atomic E-state index is -0.0241. The smallest absolute Gasteiger partial charge is 0.202 e. The number of nitrogens with zero attached hydrogens (tertiary/aromatic N) is 2. The Bertz CT molecular complexity index is 345. The van der Waals surface area contributed by atoms with Gasteiger partial charge in [-0.3, -0.25) is 0 Å². The summed E-state index contributed by atoms with van der Waals surface area (Å²) in [6.07, 6.45) is 2.28. The molecule has 1 aliphatic heterocycles. The van der Waals surface area contributed by atoms with Crippen molar-refractivity contribution in [2.75, 3.05) is 18.5 Å². The molecule has 1 aliphatic rings. The number of ether oxygens (including phenoxy) is 1. The quantitative estimate of drug-likeness (QED) is 0.880. The van der Waals surface area contributed by atoms with Crippen LogP contribution >= 0.6 is 11.5 Å². The van der Waals surface area contributed by atoms with Crippen LogP contribution in [0.15, 0.2) is 0 Å². The predicted molar refractivity (Wildman–Crippen MR) is 66.1 cm³/mol. The maximum atomic E-state index is 5.71. The molecule has 5 heteroatoms. The lowest BCUT2D eigenvalue weighted by molar-refractivity contribution is 0.0315. The molecule has 4 nitrogen and oxygen atoms in total. The Morgan fingerprint density at radius 1 is 1.56 bits per heavy atom. The molecule has 16 heavy (non-hydrogen) atoms. The van der Waals surface area contributed by atoms with Crippen LogP contribution in [-0.4, -0.2) is 28.1 Å². The van der Waals surface area contributed by atoms with Crippen LogP contribution in [0.25, 0.3) is 0 Å². The molecule has 2 rings (SSSR count). The normalized spacial score (nSPS) is 25.2. The van der Waals surface area contributed by atoms with Crippen LogP contribution < -0.4 is 5.32 Å². The molecule has 0 bridgehead atoms. The number of hydrogen-bond acceptors (Lipinski definition) is 5. The van der Waals surface area contributed by atoms with Crippen molar-refractivity contribution in [1.29, 1.82) is 0 Å². The van der Waals surface area contributed by atoms with Crippen molar-refractivity contribution in [3.63, 3.8) is 0 Å². The third kappa shape index (κ3) is 2.71. The molecule has 1 unspecified atom stereocenters. The zero-order valence-electron chi connectivity index (χ0n) is 10.1. The van der Waals surface area contributed by atoms with E-state index in [0.717, 1.165) is 36.9 Å². The second-order valence-corrected chi connectivity index (χ2v) is 5.62. The molecular weight excluding hydrogens is 222 g/mol. The third-order valence-electron chi connectivity index (χ3n) is 2.87. The molecule has 1 saturated heterocycles. The first-order valence-corrected chi connectivity index (χ1v) is 6.58. The van der Waals surface area contributed by atoms with E-state index in [4.69, 9.17) is 4.74 Å². The zero-order chi connectivity index (χ0) is 11.6. The van der Waals surface area contributed by atoms with Gasteiger partial charge in [-0.1, -0.05) is 13.8 Å². The van der Waals surface area contributed by atoms with Crippen LogP contribution in [0, 0.1) is 0 Å². The molecule has 0 aliphatic carbocycles. The predicted octanol–water partition coefficient (Wildman–Crippen LogP) is 2.64. The highest BCUT2D eigenvalue weighted by Gasteiger charge is 2.29. The Balaban J connectivity index is 1.89. The third-order valence-corrected chi connectivity index (χ3v) is 3.56. The van der Waals surface area contributed by atoms with Gasteiger partial charge in [0.25, 0.3) is 0 Å². The van der Waals surface area contributed by atoms with Gasteiger partial charge in [-0.25, -0.2) is 4.98 Å².